The maximum atomic E-state index is 10.6. The van der Waals surface area contributed by atoms with Gasteiger partial charge < -0.3 is 9.52 Å². The summed E-state index contributed by atoms with van der Waals surface area (Å²) in [4.78, 5) is 10.6. The minimum Gasteiger partial charge on any atom is -0.478 e. The van der Waals surface area contributed by atoms with E-state index in [-0.39, 0.29) is 5.56 Å². The second kappa shape index (κ2) is 3.61. The van der Waals surface area contributed by atoms with Gasteiger partial charge in [-0.3, -0.25) is 4.68 Å². The van der Waals surface area contributed by atoms with Crippen LogP contribution in [0.1, 0.15) is 21.7 Å². The lowest BCUT2D eigenvalue weighted by molar-refractivity contribution is 0.0696. The van der Waals surface area contributed by atoms with Crippen molar-refractivity contribution in [2.75, 3.05) is 0 Å². The van der Waals surface area contributed by atoms with Crippen LogP contribution in [0.15, 0.2) is 29.1 Å². The second-order valence-electron chi connectivity index (χ2n) is 3.32. The van der Waals surface area contributed by atoms with Crippen LogP contribution in [0, 0.1) is 6.92 Å². The fourth-order valence-corrected chi connectivity index (χ4v) is 1.29. The molecule has 0 spiro atoms. The van der Waals surface area contributed by atoms with Gasteiger partial charge in [0.1, 0.15) is 12.0 Å². The average molecular weight is 206 g/mol. The van der Waals surface area contributed by atoms with Crippen LogP contribution in [0.4, 0.5) is 0 Å². The number of furan rings is 1. The highest BCUT2D eigenvalue weighted by atomic mass is 16.4. The van der Waals surface area contributed by atoms with Crippen LogP contribution in [0.5, 0.6) is 0 Å². The number of carbonyl (C=O) groups is 1. The maximum absolute atomic E-state index is 10.6. The summed E-state index contributed by atoms with van der Waals surface area (Å²) in [5.74, 6) is -0.405. The molecule has 0 radical (unpaired) electrons. The number of carboxylic acids is 1. The van der Waals surface area contributed by atoms with Gasteiger partial charge in [-0.2, -0.15) is 5.10 Å². The van der Waals surface area contributed by atoms with Crippen molar-refractivity contribution in [2.24, 2.45) is 0 Å². The Hall–Kier alpha value is -2.04. The topological polar surface area (TPSA) is 68.3 Å². The van der Waals surface area contributed by atoms with Crippen molar-refractivity contribution in [1.29, 1.82) is 0 Å². The van der Waals surface area contributed by atoms with Crippen molar-refractivity contribution >= 4 is 5.97 Å². The van der Waals surface area contributed by atoms with Crippen molar-refractivity contribution in [1.82, 2.24) is 9.78 Å². The Labute approximate surface area is 85.9 Å². The molecule has 0 atom stereocenters. The Bertz CT molecular complexity index is 484. The minimum absolute atomic E-state index is 0.161. The van der Waals surface area contributed by atoms with Crippen molar-refractivity contribution in [2.45, 2.75) is 13.5 Å². The Morgan fingerprint density at radius 2 is 2.47 bits per heavy atom. The fourth-order valence-electron chi connectivity index (χ4n) is 1.29. The van der Waals surface area contributed by atoms with Gasteiger partial charge in [0.2, 0.25) is 0 Å². The van der Waals surface area contributed by atoms with E-state index in [0.717, 1.165) is 5.56 Å². The van der Waals surface area contributed by atoms with Gasteiger partial charge in [-0.25, -0.2) is 4.79 Å². The summed E-state index contributed by atoms with van der Waals surface area (Å²) in [5, 5.41) is 12.8. The van der Waals surface area contributed by atoms with Crippen molar-refractivity contribution < 1.29 is 14.3 Å². The molecule has 5 nitrogen and oxygen atoms in total. The SMILES string of the molecule is Cc1cnn(Cc2cc(C(=O)O)co2)c1. The minimum atomic E-state index is -0.985. The Kier molecular flexibility index (Phi) is 2.29. The molecule has 0 unspecified atom stereocenters. The lowest BCUT2D eigenvalue weighted by Crippen LogP contribution is -1.98. The lowest BCUT2D eigenvalue weighted by Gasteiger charge is -1.95. The average Bonchev–Trinajstić information content (AvgIpc) is 2.76. The van der Waals surface area contributed by atoms with Crippen LogP contribution in [-0.4, -0.2) is 20.9 Å². The van der Waals surface area contributed by atoms with Gasteiger partial charge in [-0.05, 0) is 18.6 Å². The van der Waals surface area contributed by atoms with Gasteiger partial charge in [-0.1, -0.05) is 0 Å². The van der Waals surface area contributed by atoms with Crippen LogP contribution in [0.3, 0.4) is 0 Å². The molecule has 0 bridgehead atoms. The molecule has 0 saturated heterocycles. The number of aromatic nitrogens is 2. The van der Waals surface area contributed by atoms with E-state index in [0.29, 0.717) is 12.3 Å². The highest BCUT2D eigenvalue weighted by Gasteiger charge is 2.08. The smallest absolute Gasteiger partial charge is 0.338 e. The third kappa shape index (κ3) is 2.07. The molecular formula is C10H10N2O3. The summed E-state index contributed by atoms with van der Waals surface area (Å²) in [6.45, 7) is 2.38. The molecular weight excluding hydrogens is 196 g/mol. The van der Waals surface area contributed by atoms with Gasteiger partial charge in [0, 0.05) is 6.20 Å². The molecule has 5 heteroatoms. The summed E-state index contributed by atoms with van der Waals surface area (Å²) < 4.78 is 6.79. The number of hydrogen-bond donors (Lipinski definition) is 1. The summed E-state index contributed by atoms with van der Waals surface area (Å²) >= 11 is 0. The predicted molar refractivity (Wildman–Crippen MR) is 51.7 cm³/mol. The highest BCUT2D eigenvalue weighted by Crippen LogP contribution is 2.09. The molecule has 15 heavy (non-hydrogen) atoms. The second-order valence-corrected chi connectivity index (χ2v) is 3.32. The standard InChI is InChI=1S/C10H10N2O3/c1-7-3-11-12(4-7)5-9-2-8(6-15-9)10(13)14/h2-4,6H,5H2,1H3,(H,13,14). The van der Waals surface area contributed by atoms with E-state index >= 15 is 0 Å². The first-order valence-corrected chi connectivity index (χ1v) is 4.45. The molecule has 1 N–H and O–H groups in total. The molecule has 0 fully saturated rings. The van der Waals surface area contributed by atoms with Gasteiger partial charge in [0.05, 0.1) is 18.3 Å². The number of rotatable bonds is 3. The molecule has 0 aromatic carbocycles. The molecule has 2 aromatic rings. The molecule has 78 valence electrons. The van der Waals surface area contributed by atoms with E-state index in [1.165, 1.54) is 12.3 Å². The number of aryl methyl sites for hydroxylation is 1. The number of carboxylic acid groups (broad SMARTS) is 1. The lowest BCUT2D eigenvalue weighted by atomic mass is 10.3. The molecule has 0 aliphatic carbocycles. The third-order valence-electron chi connectivity index (χ3n) is 1.98. The largest absolute Gasteiger partial charge is 0.478 e. The first-order chi connectivity index (χ1) is 7.15. The zero-order chi connectivity index (χ0) is 10.8. The van der Waals surface area contributed by atoms with Crippen molar-refractivity contribution in [3.8, 4) is 0 Å². The zero-order valence-electron chi connectivity index (χ0n) is 8.17. The van der Waals surface area contributed by atoms with Gasteiger partial charge in [-0.15, -0.1) is 0 Å². The first-order valence-electron chi connectivity index (χ1n) is 4.45. The summed E-state index contributed by atoms with van der Waals surface area (Å²) in [5.41, 5.74) is 1.22. The molecule has 0 amide bonds. The van der Waals surface area contributed by atoms with E-state index in [4.69, 9.17) is 9.52 Å². The maximum Gasteiger partial charge on any atom is 0.338 e. The van der Waals surface area contributed by atoms with Crippen LogP contribution in [0.25, 0.3) is 0 Å². The summed E-state index contributed by atoms with van der Waals surface area (Å²) in [6, 6.07) is 1.50. The Morgan fingerprint density at radius 3 is 3.00 bits per heavy atom. The first kappa shape index (κ1) is 9.51. The molecule has 2 rings (SSSR count). The highest BCUT2D eigenvalue weighted by molar-refractivity contribution is 5.87. The van der Waals surface area contributed by atoms with E-state index in [9.17, 15) is 4.79 Å². The predicted octanol–water partition coefficient (Wildman–Crippen LogP) is 1.53. The third-order valence-corrected chi connectivity index (χ3v) is 1.98. The molecule has 2 heterocycles. The number of aromatic carboxylic acids is 1. The summed E-state index contributed by atoms with van der Waals surface area (Å²) in [7, 11) is 0. The van der Waals surface area contributed by atoms with Gasteiger partial charge in [0.25, 0.3) is 0 Å². The zero-order valence-corrected chi connectivity index (χ0v) is 8.17. The van der Waals surface area contributed by atoms with Crippen LogP contribution in [0.2, 0.25) is 0 Å². The van der Waals surface area contributed by atoms with Gasteiger partial charge in [0.15, 0.2) is 0 Å². The quantitative estimate of drug-likeness (QED) is 0.826. The molecule has 2 aromatic heterocycles. The van der Waals surface area contributed by atoms with Crippen LogP contribution < -0.4 is 0 Å². The van der Waals surface area contributed by atoms with E-state index < -0.39 is 5.97 Å². The normalized spacial score (nSPS) is 10.5. The van der Waals surface area contributed by atoms with Gasteiger partial charge >= 0.3 is 5.97 Å². The molecule has 0 aliphatic heterocycles. The van der Waals surface area contributed by atoms with E-state index in [1.807, 2.05) is 13.1 Å². The molecule has 0 saturated carbocycles. The van der Waals surface area contributed by atoms with Crippen LogP contribution >= 0.6 is 0 Å². The van der Waals surface area contributed by atoms with E-state index in [1.54, 1.807) is 10.9 Å². The van der Waals surface area contributed by atoms with Crippen molar-refractivity contribution in [3.05, 3.63) is 41.6 Å². The number of hydrogen-bond acceptors (Lipinski definition) is 3. The van der Waals surface area contributed by atoms with Crippen molar-refractivity contribution in [3.63, 3.8) is 0 Å². The van der Waals surface area contributed by atoms with E-state index in [2.05, 4.69) is 5.10 Å². The fraction of sp³-hybridized carbons (Fsp3) is 0.200. The Morgan fingerprint density at radius 1 is 1.67 bits per heavy atom. The Balaban J connectivity index is 2.14. The monoisotopic (exact) mass is 206 g/mol. The van der Waals surface area contributed by atoms with Crippen LogP contribution in [-0.2, 0) is 6.54 Å². The number of nitrogens with zero attached hydrogens (tertiary/aromatic N) is 2. The summed E-state index contributed by atoms with van der Waals surface area (Å²) in [6.07, 6.45) is 4.83. The molecule has 0 aliphatic rings.